The van der Waals surface area contributed by atoms with Gasteiger partial charge in [0.1, 0.15) is 5.76 Å². The summed E-state index contributed by atoms with van der Waals surface area (Å²) in [5.74, 6) is -0.345. The highest BCUT2D eigenvalue weighted by atomic mass is 16.6. The maximum absolute atomic E-state index is 13.6. The number of rotatable bonds is 6. The summed E-state index contributed by atoms with van der Waals surface area (Å²) in [4.78, 5) is 28.5. The summed E-state index contributed by atoms with van der Waals surface area (Å²) in [7, 11) is 0. The van der Waals surface area contributed by atoms with Gasteiger partial charge in [-0.2, -0.15) is 0 Å². The fourth-order valence-corrected chi connectivity index (χ4v) is 4.85. The zero-order valence-corrected chi connectivity index (χ0v) is 18.2. The van der Waals surface area contributed by atoms with Crippen LogP contribution in [0, 0.1) is 17.8 Å². The van der Waals surface area contributed by atoms with E-state index in [0.29, 0.717) is 12.3 Å². The van der Waals surface area contributed by atoms with E-state index in [2.05, 4.69) is 13.8 Å². The van der Waals surface area contributed by atoms with E-state index < -0.39 is 18.0 Å². The van der Waals surface area contributed by atoms with E-state index in [1.54, 1.807) is 6.92 Å². The molecular formula is C26H29NO4. The van der Waals surface area contributed by atoms with Gasteiger partial charge in [0.2, 0.25) is 12.0 Å². The van der Waals surface area contributed by atoms with E-state index in [1.165, 1.54) is 0 Å². The van der Waals surface area contributed by atoms with Gasteiger partial charge in [-0.1, -0.05) is 74.5 Å². The number of carbonyl (C=O) groups excluding carboxylic acids is 2. The highest BCUT2D eigenvalue weighted by Gasteiger charge is 2.56. The fraction of sp³-hybridized carbons (Fsp3) is 0.385. The number of hydrogen-bond acceptors (Lipinski definition) is 4. The van der Waals surface area contributed by atoms with Crippen LogP contribution in [0.1, 0.15) is 31.9 Å². The van der Waals surface area contributed by atoms with Gasteiger partial charge < -0.3 is 14.4 Å². The lowest BCUT2D eigenvalue weighted by Gasteiger charge is -2.37. The minimum absolute atomic E-state index is 0.0404. The van der Waals surface area contributed by atoms with Crippen molar-refractivity contribution in [2.75, 3.05) is 6.61 Å². The zero-order chi connectivity index (χ0) is 22.0. The molecule has 2 aliphatic rings. The summed E-state index contributed by atoms with van der Waals surface area (Å²) in [6.07, 6.45) is 1.08. The third kappa shape index (κ3) is 4.09. The summed E-state index contributed by atoms with van der Waals surface area (Å²) in [5, 5.41) is 0. The van der Waals surface area contributed by atoms with E-state index >= 15 is 0 Å². The molecule has 2 aromatic carbocycles. The van der Waals surface area contributed by atoms with Crippen LogP contribution in [0.4, 0.5) is 0 Å². The zero-order valence-electron chi connectivity index (χ0n) is 18.2. The number of likely N-dealkylation sites (tertiary alicyclic amines) is 1. The highest BCUT2D eigenvalue weighted by molar-refractivity contribution is 5.89. The summed E-state index contributed by atoms with van der Waals surface area (Å²) in [5.41, 5.74) is 1.92. The molecule has 5 nitrogen and oxygen atoms in total. The van der Waals surface area contributed by atoms with Gasteiger partial charge >= 0.3 is 5.97 Å². The lowest BCUT2D eigenvalue weighted by atomic mass is 9.78. The Labute approximate surface area is 183 Å². The van der Waals surface area contributed by atoms with Crippen molar-refractivity contribution >= 4 is 17.6 Å². The minimum atomic E-state index is -0.817. The first-order chi connectivity index (χ1) is 15.0. The SMILES string of the molecule is CCOC(=O)C1OC(c2ccccc2)=CC2C(=O)N(Cc3ccccc3)C(C(C)C)C21. The second-order valence-corrected chi connectivity index (χ2v) is 8.48. The lowest BCUT2D eigenvalue weighted by Crippen LogP contribution is -2.47. The van der Waals surface area contributed by atoms with E-state index in [-0.39, 0.29) is 30.4 Å². The molecule has 1 amide bonds. The first kappa shape index (κ1) is 21.2. The largest absolute Gasteiger partial charge is 0.478 e. The number of carbonyl (C=O) groups is 2. The van der Waals surface area contributed by atoms with E-state index in [1.807, 2.05) is 71.6 Å². The molecule has 5 heteroatoms. The number of benzene rings is 2. The topological polar surface area (TPSA) is 55.8 Å². The quantitative estimate of drug-likeness (QED) is 0.656. The van der Waals surface area contributed by atoms with Crippen molar-refractivity contribution in [3.63, 3.8) is 0 Å². The summed E-state index contributed by atoms with van der Waals surface area (Å²) in [6.45, 7) is 6.76. The fourth-order valence-electron chi connectivity index (χ4n) is 4.85. The van der Waals surface area contributed by atoms with Crippen LogP contribution in [0.5, 0.6) is 0 Å². The average molecular weight is 420 g/mol. The summed E-state index contributed by atoms with van der Waals surface area (Å²) in [6, 6.07) is 19.5. The molecule has 31 heavy (non-hydrogen) atoms. The van der Waals surface area contributed by atoms with Crippen LogP contribution >= 0.6 is 0 Å². The van der Waals surface area contributed by atoms with Crippen LogP contribution in [0.3, 0.4) is 0 Å². The predicted molar refractivity (Wildman–Crippen MR) is 119 cm³/mol. The maximum atomic E-state index is 13.6. The van der Waals surface area contributed by atoms with Crippen molar-refractivity contribution in [3.8, 4) is 0 Å². The molecule has 2 aromatic rings. The minimum Gasteiger partial charge on any atom is -0.478 e. The maximum Gasteiger partial charge on any atom is 0.347 e. The molecule has 2 heterocycles. The third-order valence-corrected chi connectivity index (χ3v) is 6.13. The number of amides is 1. The normalized spacial score (nSPS) is 25.1. The molecule has 0 spiro atoms. The van der Waals surface area contributed by atoms with Crippen molar-refractivity contribution in [3.05, 3.63) is 77.9 Å². The monoisotopic (exact) mass is 419 g/mol. The van der Waals surface area contributed by atoms with Gasteiger partial charge in [0, 0.05) is 24.1 Å². The van der Waals surface area contributed by atoms with Crippen molar-refractivity contribution in [1.29, 1.82) is 0 Å². The molecular weight excluding hydrogens is 390 g/mol. The molecule has 4 rings (SSSR count). The van der Waals surface area contributed by atoms with Crippen molar-refractivity contribution < 1.29 is 19.1 Å². The molecule has 4 unspecified atom stereocenters. The number of hydrogen-bond donors (Lipinski definition) is 0. The molecule has 0 aliphatic carbocycles. The number of nitrogens with zero attached hydrogens (tertiary/aromatic N) is 1. The van der Waals surface area contributed by atoms with Crippen molar-refractivity contribution in [1.82, 2.24) is 4.90 Å². The van der Waals surface area contributed by atoms with Crippen molar-refractivity contribution in [2.45, 2.75) is 39.5 Å². The standard InChI is InChI=1S/C26H29NO4/c1-4-30-26(29)24-22-20(15-21(31-24)19-13-9-6-10-14-19)25(28)27(23(22)17(2)3)16-18-11-7-5-8-12-18/h5-15,17,20,22-24H,4,16H2,1-3H3. The summed E-state index contributed by atoms with van der Waals surface area (Å²) >= 11 is 0. The van der Waals surface area contributed by atoms with E-state index in [9.17, 15) is 9.59 Å². The van der Waals surface area contributed by atoms with Crippen LogP contribution in [0.2, 0.25) is 0 Å². The van der Waals surface area contributed by atoms with E-state index in [4.69, 9.17) is 9.47 Å². The molecule has 2 aliphatic heterocycles. The number of fused-ring (bicyclic) bond motifs is 1. The van der Waals surface area contributed by atoms with Crippen LogP contribution in [-0.2, 0) is 25.6 Å². The Morgan fingerprint density at radius 1 is 1.06 bits per heavy atom. The van der Waals surface area contributed by atoms with Crippen LogP contribution in [0.25, 0.3) is 5.76 Å². The Morgan fingerprint density at radius 2 is 1.71 bits per heavy atom. The van der Waals surface area contributed by atoms with Gasteiger partial charge in [-0.25, -0.2) is 4.79 Å². The first-order valence-corrected chi connectivity index (χ1v) is 11.0. The molecule has 0 bridgehead atoms. The van der Waals surface area contributed by atoms with Gasteiger partial charge in [0.15, 0.2) is 0 Å². The smallest absolute Gasteiger partial charge is 0.347 e. The molecule has 1 saturated heterocycles. The molecule has 0 saturated carbocycles. The van der Waals surface area contributed by atoms with Gasteiger partial charge in [-0.3, -0.25) is 4.79 Å². The van der Waals surface area contributed by atoms with Gasteiger partial charge in [-0.15, -0.1) is 0 Å². The van der Waals surface area contributed by atoms with Gasteiger partial charge in [0.25, 0.3) is 0 Å². The average Bonchev–Trinajstić information content (AvgIpc) is 3.06. The van der Waals surface area contributed by atoms with Gasteiger partial charge in [0.05, 0.1) is 12.5 Å². The molecule has 0 N–H and O–H groups in total. The number of esters is 1. The third-order valence-electron chi connectivity index (χ3n) is 6.13. The molecule has 0 aromatic heterocycles. The van der Waals surface area contributed by atoms with Gasteiger partial charge in [-0.05, 0) is 24.5 Å². The highest BCUT2D eigenvalue weighted by Crippen LogP contribution is 2.45. The second-order valence-electron chi connectivity index (χ2n) is 8.48. The van der Waals surface area contributed by atoms with Crippen molar-refractivity contribution in [2.24, 2.45) is 17.8 Å². The second kappa shape index (κ2) is 8.96. The first-order valence-electron chi connectivity index (χ1n) is 11.0. The Bertz CT molecular complexity index is 954. The molecule has 0 radical (unpaired) electrons. The number of ether oxygens (including phenoxy) is 2. The predicted octanol–water partition coefficient (Wildman–Crippen LogP) is 4.29. The Kier molecular flexibility index (Phi) is 6.12. The van der Waals surface area contributed by atoms with Crippen LogP contribution in [-0.4, -0.2) is 35.5 Å². The summed E-state index contributed by atoms with van der Waals surface area (Å²) < 4.78 is 11.6. The van der Waals surface area contributed by atoms with Crippen LogP contribution < -0.4 is 0 Å². The Hall–Kier alpha value is -3.08. The van der Waals surface area contributed by atoms with Crippen LogP contribution in [0.15, 0.2) is 66.7 Å². The van der Waals surface area contributed by atoms with E-state index in [0.717, 1.165) is 11.1 Å². The Morgan fingerprint density at radius 3 is 2.32 bits per heavy atom. The molecule has 162 valence electrons. The Balaban J connectivity index is 1.75. The lowest BCUT2D eigenvalue weighted by molar-refractivity contribution is -0.158. The molecule has 4 atom stereocenters. The molecule has 1 fully saturated rings.